The molecule has 0 unspecified atom stereocenters. The van der Waals surface area contributed by atoms with Gasteiger partial charge in [-0.15, -0.1) is 0 Å². The maximum atomic E-state index is 5.56. The standard InChI is InChI=1S/C14H17BrIN3O/c1-4-17-14-12(16)9(7-8(2)3)18-13(19-14)10-5-6-11(15)20-10/h5-6,8H,4,7H2,1-3H3,(H,17,18,19). The molecule has 0 aliphatic heterocycles. The Kier molecular flexibility index (Phi) is 5.42. The number of rotatable bonds is 5. The Morgan fingerprint density at radius 3 is 2.65 bits per heavy atom. The third kappa shape index (κ3) is 3.72. The van der Waals surface area contributed by atoms with Crippen molar-refractivity contribution in [2.75, 3.05) is 11.9 Å². The molecule has 0 atom stereocenters. The number of furan rings is 1. The molecule has 0 aromatic carbocycles. The molecule has 0 saturated heterocycles. The van der Waals surface area contributed by atoms with Gasteiger partial charge in [0.05, 0.1) is 9.26 Å². The first kappa shape index (κ1) is 15.8. The molecule has 0 spiro atoms. The van der Waals surface area contributed by atoms with Gasteiger partial charge in [0.25, 0.3) is 0 Å². The van der Waals surface area contributed by atoms with Crippen LogP contribution in [-0.4, -0.2) is 16.5 Å². The van der Waals surface area contributed by atoms with Crippen LogP contribution in [0, 0.1) is 9.49 Å². The van der Waals surface area contributed by atoms with Crippen LogP contribution in [-0.2, 0) is 6.42 Å². The zero-order valence-electron chi connectivity index (χ0n) is 11.7. The number of aromatic nitrogens is 2. The third-order valence-corrected chi connectivity index (χ3v) is 4.22. The smallest absolute Gasteiger partial charge is 0.197 e. The van der Waals surface area contributed by atoms with Crippen LogP contribution in [0.5, 0.6) is 0 Å². The summed E-state index contributed by atoms with van der Waals surface area (Å²) >= 11 is 5.62. The molecule has 0 amide bonds. The largest absolute Gasteiger partial charge is 0.446 e. The van der Waals surface area contributed by atoms with Gasteiger partial charge in [0.2, 0.25) is 0 Å². The molecule has 2 heterocycles. The van der Waals surface area contributed by atoms with Gasteiger partial charge in [0.15, 0.2) is 16.3 Å². The lowest BCUT2D eigenvalue weighted by molar-refractivity contribution is 0.550. The number of halogens is 2. The van der Waals surface area contributed by atoms with Crippen LogP contribution in [0.15, 0.2) is 21.2 Å². The molecule has 0 saturated carbocycles. The highest BCUT2D eigenvalue weighted by Crippen LogP contribution is 2.27. The van der Waals surface area contributed by atoms with Crippen LogP contribution in [0.1, 0.15) is 26.5 Å². The van der Waals surface area contributed by atoms with Crippen molar-refractivity contribution in [1.29, 1.82) is 0 Å². The van der Waals surface area contributed by atoms with Gasteiger partial charge in [-0.25, -0.2) is 9.97 Å². The molecule has 4 nitrogen and oxygen atoms in total. The van der Waals surface area contributed by atoms with E-state index in [0.29, 0.717) is 22.2 Å². The summed E-state index contributed by atoms with van der Waals surface area (Å²) in [7, 11) is 0. The summed E-state index contributed by atoms with van der Waals surface area (Å²) in [5.74, 6) is 2.73. The lowest BCUT2D eigenvalue weighted by atomic mass is 10.1. The summed E-state index contributed by atoms with van der Waals surface area (Å²) in [4.78, 5) is 9.23. The van der Waals surface area contributed by atoms with Crippen molar-refractivity contribution in [3.8, 4) is 11.6 Å². The van der Waals surface area contributed by atoms with Gasteiger partial charge in [-0.05, 0) is 69.9 Å². The van der Waals surface area contributed by atoms with E-state index in [1.807, 2.05) is 12.1 Å². The van der Waals surface area contributed by atoms with Crippen molar-refractivity contribution in [2.45, 2.75) is 27.2 Å². The van der Waals surface area contributed by atoms with E-state index in [9.17, 15) is 0 Å². The molecule has 0 aliphatic carbocycles. The molecule has 1 N–H and O–H groups in total. The van der Waals surface area contributed by atoms with Crippen LogP contribution in [0.3, 0.4) is 0 Å². The van der Waals surface area contributed by atoms with E-state index in [2.05, 4.69) is 74.6 Å². The zero-order valence-corrected chi connectivity index (χ0v) is 15.4. The van der Waals surface area contributed by atoms with Crippen LogP contribution in [0.25, 0.3) is 11.6 Å². The van der Waals surface area contributed by atoms with Crippen molar-refractivity contribution in [3.05, 3.63) is 26.1 Å². The van der Waals surface area contributed by atoms with E-state index < -0.39 is 0 Å². The van der Waals surface area contributed by atoms with Gasteiger partial charge in [-0.2, -0.15) is 0 Å². The highest BCUT2D eigenvalue weighted by Gasteiger charge is 2.16. The average molecular weight is 450 g/mol. The van der Waals surface area contributed by atoms with Crippen molar-refractivity contribution in [3.63, 3.8) is 0 Å². The molecule has 0 bridgehead atoms. The maximum Gasteiger partial charge on any atom is 0.197 e. The summed E-state index contributed by atoms with van der Waals surface area (Å²) in [6.45, 7) is 7.27. The van der Waals surface area contributed by atoms with Gasteiger partial charge in [-0.3, -0.25) is 0 Å². The van der Waals surface area contributed by atoms with E-state index in [-0.39, 0.29) is 0 Å². The molecule has 0 radical (unpaired) electrons. The zero-order chi connectivity index (χ0) is 14.7. The predicted molar refractivity (Wildman–Crippen MR) is 92.9 cm³/mol. The summed E-state index contributed by atoms with van der Waals surface area (Å²) < 4.78 is 7.34. The molecule has 2 rings (SSSR count). The Balaban J connectivity index is 2.49. The number of nitrogens with zero attached hydrogens (tertiary/aromatic N) is 2. The SMILES string of the molecule is CCNc1nc(-c2ccc(Br)o2)nc(CC(C)C)c1I. The topological polar surface area (TPSA) is 51.0 Å². The fraction of sp³-hybridized carbons (Fsp3) is 0.429. The number of anilines is 1. The molecule has 108 valence electrons. The van der Waals surface area contributed by atoms with E-state index in [1.165, 1.54) is 0 Å². The van der Waals surface area contributed by atoms with Gasteiger partial charge in [-0.1, -0.05) is 13.8 Å². The highest BCUT2D eigenvalue weighted by molar-refractivity contribution is 14.1. The second-order valence-electron chi connectivity index (χ2n) is 4.89. The minimum Gasteiger partial charge on any atom is -0.446 e. The molecular weight excluding hydrogens is 433 g/mol. The van der Waals surface area contributed by atoms with Gasteiger partial charge in [0, 0.05) is 6.54 Å². The molecular formula is C14H17BrIN3O. The van der Waals surface area contributed by atoms with E-state index in [0.717, 1.165) is 28.0 Å². The average Bonchev–Trinajstić information content (AvgIpc) is 2.80. The Labute approximate surface area is 141 Å². The highest BCUT2D eigenvalue weighted by atomic mass is 127. The quantitative estimate of drug-likeness (QED) is 0.670. The number of nitrogens with one attached hydrogen (secondary N) is 1. The first-order valence-corrected chi connectivity index (χ1v) is 8.44. The lowest BCUT2D eigenvalue weighted by Gasteiger charge is -2.12. The molecule has 2 aromatic rings. The second kappa shape index (κ2) is 6.89. The summed E-state index contributed by atoms with van der Waals surface area (Å²) in [6, 6.07) is 3.73. The second-order valence-corrected chi connectivity index (χ2v) is 6.75. The van der Waals surface area contributed by atoms with Gasteiger partial charge >= 0.3 is 0 Å². The van der Waals surface area contributed by atoms with Crippen molar-refractivity contribution in [2.24, 2.45) is 5.92 Å². The van der Waals surface area contributed by atoms with Crippen LogP contribution >= 0.6 is 38.5 Å². The Morgan fingerprint density at radius 1 is 1.35 bits per heavy atom. The Hall–Kier alpha value is -0.630. The number of hydrogen-bond acceptors (Lipinski definition) is 4. The van der Waals surface area contributed by atoms with Crippen LogP contribution < -0.4 is 5.32 Å². The Bertz CT molecular complexity index is 598. The minimum atomic E-state index is 0.545. The summed E-state index contributed by atoms with van der Waals surface area (Å²) in [5, 5.41) is 3.29. The third-order valence-electron chi connectivity index (χ3n) is 2.66. The van der Waals surface area contributed by atoms with Gasteiger partial charge in [0.1, 0.15) is 5.82 Å². The molecule has 2 aromatic heterocycles. The van der Waals surface area contributed by atoms with E-state index in [1.54, 1.807) is 0 Å². The first-order chi connectivity index (χ1) is 9.51. The van der Waals surface area contributed by atoms with Crippen molar-refractivity contribution >= 4 is 44.3 Å². The van der Waals surface area contributed by atoms with E-state index in [4.69, 9.17) is 4.42 Å². The minimum absolute atomic E-state index is 0.545. The van der Waals surface area contributed by atoms with Crippen molar-refractivity contribution < 1.29 is 4.42 Å². The van der Waals surface area contributed by atoms with Gasteiger partial charge < -0.3 is 9.73 Å². The van der Waals surface area contributed by atoms with E-state index >= 15 is 0 Å². The monoisotopic (exact) mass is 449 g/mol. The number of hydrogen-bond donors (Lipinski definition) is 1. The maximum absolute atomic E-state index is 5.56. The fourth-order valence-corrected chi connectivity index (χ4v) is 2.80. The van der Waals surface area contributed by atoms with Crippen LogP contribution in [0.4, 0.5) is 5.82 Å². The van der Waals surface area contributed by atoms with Crippen molar-refractivity contribution in [1.82, 2.24) is 9.97 Å². The normalized spacial score (nSPS) is 11.1. The molecule has 20 heavy (non-hydrogen) atoms. The fourth-order valence-electron chi connectivity index (χ4n) is 1.84. The van der Waals surface area contributed by atoms with Crippen LogP contribution in [0.2, 0.25) is 0 Å². The molecule has 6 heteroatoms. The predicted octanol–water partition coefficient (Wildman–Crippen LogP) is 4.73. The first-order valence-electron chi connectivity index (χ1n) is 6.57. The molecule has 0 fully saturated rings. The summed E-state index contributed by atoms with van der Waals surface area (Å²) in [6.07, 6.45) is 0.925. The molecule has 0 aliphatic rings. The summed E-state index contributed by atoms with van der Waals surface area (Å²) in [5.41, 5.74) is 1.06. The Morgan fingerprint density at radius 2 is 2.10 bits per heavy atom. The lowest BCUT2D eigenvalue weighted by Crippen LogP contribution is -2.09.